The Morgan fingerprint density at radius 2 is 1.95 bits per heavy atom. The van der Waals surface area contributed by atoms with Gasteiger partial charge in [0.25, 0.3) is 5.91 Å². The lowest BCUT2D eigenvalue weighted by atomic mass is 9.98. The Morgan fingerprint density at radius 1 is 1.18 bits per heavy atom. The Kier molecular flexibility index (Phi) is 7.34. The second-order valence-electron chi connectivity index (χ2n) is 8.97. The number of imidazole rings is 1. The molecule has 1 aliphatic rings. The van der Waals surface area contributed by atoms with E-state index in [2.05, 4.69) is 15.3 Å². The van der Waals surface area contributed by atoms with E-state index in [0.717, 1.165) is 0 Å². The number of nitrogens with one attached hydrogen (secondary N) is 1. The van der Waals surface area contributed by atoms with Gasteiger partial charge in [0.05, 0.1) is 48.8 Å². The molecular formula is C26H26N4O8S. The predicted octanol–water partition coefficient (Wildman–Crippen LogP) is 0.473. The summed E-state index contributed by atoms with van der Waals surface area (Å²) < 4.78 is 39.4. The average Bonchev–Trinajstić information content (AvgIpc) is 3.49. The van der Waals surface area contributed by atoms with Gasteiger partial charge in [-0.15, -0.1) is 0 Å². The number of sulfone groups is 1. The standard InChI is InChI=1S/C26H26N4O8S/c1-37-16-3-5-17(6-4-16)39(35,36)22-11-28-19-7-2-15(10-18(19)23(22)30-9-8-27-14-30)26(34)29-20-13-38-21(12-31)25(33)24(20)32/h2-11,14,20-21,24-25,31-33H,12-13H2,1H3,(H,29,34). The van der Waals surface area contributed by atoms with Gasteiger partial charge in [-0.25, -0.2) is 13.4 Å². The maximum Gasteiger partial charge on any atom is 0.251 e. The van der Waals surface area contributed by atoms with Crippen molar-refractivity contribution in [3.05, 3.63) is 72.9 Å². The van der Waals surface area contributed by atoms with Crippen LogP contribution in [0.25, 0.3) is 16.6 Å². The minimum Gasteiger partial charge on any atom is -0.497 e. The van der Waals surface area contributed by atoms with Crippen LogP contribution in [0.3, 0.4) is 0 Å². The highest BCUT2D eigenvalue weighted by Gasteiger charge is 2.39. The molecule has 0 bridgehead atoms. The molecule has 1 amide bonds. The van der Waals surface area contributed by atoms with E-state index < -0.39 is 46.7 Å². The van der Waals surface area contributed by atoms with Crippen molar-refractivity contribution < 1.29 is 38.0 Å². The van der Waals surface area contributed by atoms with Crippen molar-refractivity contribution in [3.8, 4) is 11.4 Å². The van der Waals surface area contributed by atoms with Crippen LogP contribution in [0.2, 0.25) is 0 Å². The molecule has 1 saturated heterocycles. The van der Waals surface area contributed by atoms with E-state index in [0.29, 0.717) is 16.7 Å². The summed E-state index contributed by atoms with van der Waals surface area (Å²) in [4.78, 5) is 21.5. The van der Waals surface area contributed by atoms with Gasteiger partial charge < -0.3 is 34.7 Å². The van der Waals surface area contributed by atoms with Crippen LogP contribution in [0, 0.1) is 0 Å². The molecule has 4 unspecified atom stereocenters. The summed E-state index contributed by atoms with van der Waals surface area (Å²) >= 11 is 0. The van der Waals surface area contributed by atoms with Crippen molar-refractivity contribution in [1.82, 2.24) is 19.9 Å². The van der Waals surface area contributed by atoms with Crippen LogP contribution in [0.5, 0.6) is 5.75 Å². The van der Waals surface area contributed by atoms with Crippen LogP contribution in [-0.2, 0) is 14.6 Å². The van der Waals surface area contributed by atoms with Gasteiger partial charge >= 0.3 is 0 Å². The summed E-state index contributed by atoms with van der Waals surface area (Å²) in [6.45, 7) is -0.593. The number of pyridine rings is 1. The number of nitrogens with zero attached hydrogens (tertiary/aromatic N) is 3. The van der Waals surface area contributed by atoms with E-state index in [1.165, 1.54) is 54.7 Å². The van der Waals surface area contributed by atoms with Crippen molar-refractivity contribution in [2.24, 2.45) is 0 Å². The molecule has 0 spiro atoms. The van der Waals surface area contributed by atoms with Gasteiger partial charge in [-0.1, -0.05) is 0 Å². The fraction of sp³-hybridized carbons (Fsp3) is 0.269. The molecule has 0 aliphatic carbocycles. The SMILES string of the molecule is COc1ccc(S(=O)(=O)c2cnc3ccc(C(=O)NC4COC(CO)C(O)C4O)cc3c2-n2ccnc2)cc1. The molecule has 0 saturated carbocycles. The summed E-state index contributed by atoms with van der Waals surface area (Å²) in [5.41, 5.74) is 0.854. The quantitative estimate of drug-likeness (QED) is 0.252. The minimum atomic E-state index is -4.05. The van der Waals surface area contributed by atoms with E-state index in [1.54, 1.807) is 24.4 Å². The number of hydrogen-bond donors (Lipinski definition) is 4. The third kappa shape index (κ3) is 4.97. The number of carbonyl (C=O) groups excluding carboxylic acids is 1. The smallest absolute Gasteiger partial charge is 0.251 e. The lowest BCUT2D eigenvalue weighted by Gasteiger charge is -2.37. The summed E-state index contributed by atoms with van der Waals surface area (Å²) in [5.74, 6) is -0.0804. The molecule has 4 N–H and O–H groups in total. The summed E-state index contributed by atoms with van der Waals surface area (Å²) in [6.07, 6.45) is 2.11. The highest BCUT2D eigenvalue weighted by Crippen LogP contribution is 2.33. The molecule has 1 fully saturated rings. The summed E-state index contributed by atoms with van der Waals surface area (Å²) in [6, 6.07) is 9.64. The van der Waals surface area contributed by atoms with Gasteiger partial charge in [-0.05, 0) is 42.5 Å². The van der Waals surface area contributed by atoms with Crippen molar-refractivity contribution in [3.63, 3.8) is 0 Å². The third-order valence-electron chi connectivity index (χ3n) is 6.62. The number of amides is 1. The maximum absolute atomic E-state index is 13.7. The van der Waals surface area contributed by atoms with Crippen LogP contribution in [-0.4, -0.2) is 88.9 Å². The Bertz CT molecular complexity index is 1590. The number of ether oxygens (including phenoxy) is 2. The number of carbonyl (C=O) groups is 1. The van der Waals surface area contributed by atoms with Crippen molar-refractivity contribution >= 4 is 26.6 Å². The number of aliphatic hydroxyl groups is 3. The lowest BCUT2D eigenvalue weighted by Crippen LogP contribution is -2.59. The molecule has 13 heteroatoms. The zero-order valence-corrected chi connectivity index (χ0v) is 21.5. The highest BCUT2D eigenvalue weighted by molar-refractivity contribution is 7.91. The number of aliphatic hydroxyl groups excluding tert-OH is 3. The predicted molar refractivity (Wildman–Crippen MR) is 137 cm³/mol. The molecule has 204 valence electrons. The van der Waals surface area contributed by atoms with Crippen LogP contribution >= 0.6 is 0 Å². The number of benzene rings is 2. The van der Waals surface area contributed by atoms with Gasteiger partial charge in [0.2, 0.25) is 9.84 Å². The number of rotatable bonds is 7. The van der Waals surface area contributed by atoms with Crippen molar-refractivity contribution in [2.75, 3.05) is 20.3 Å². The van der Waals surface area contributed by atoms with E-state index in [9.17, 15) is 28.5 Å². The van der Waals surface area contributed by atoms with Gasteiger partial charge in [0, 0.05) is 29.5 Å². The number of hydrogen-bond acceptors (Lipinski definition) is 10. The topological polar surface area (TPSA) is 173 Å². The molecule has 4 atom stereocenters. The van der Waals surface area contributed by atoms with Crippen LogP contribution in [0.15, 0.2) is 77.2 Å². The third-order valence-corrected chi connectivity index (χ3v) is 8.39. The summed E-state index contributed by atoms with van der Waals surface area (Å²) in [7, 11) is -2.57. The van der Waals surface area contributed by atoms with Gasteiger partial charge in [-0.3, -0.25) is 9.78 Å². The summed E-state index contributed by atoms with van der Waals surface area (Å²) in [5, 5.41) is 32.8. The highest BCUT2D eigenvalue weighted by atomic mass is 32.2. The van der Waals surface area contributed by atoms with Crippen LogP contribution in [0.4, 0.5) is 0 Å². The van der Waals surface area contributed by atoms with Crippen molar-refractivity contribution in [1.29, 1.82) is 0 Å². The second-order valence-corrected chi connectivity index (χ2v) is 10.9. The molecule has 3 heterocycles. The Hall–Kier alpha value is -3.88. The Balaban J connectivity index is 1.56. The molecule has 2 aromatic heterocycles. The monoisotopic (exact) mass is 554 g/mol. The molecule has 0 radical (unpaired) electrons. The first-order chi connectivity index (χ1) is 18.7. The van der Waals surface area contributed by atoms with Gasteiger partial charge in [-0.2, -0.15) is 0 Å². The lowest BCUT2D eigenvalue weighted by molar-refractivity contribution is -0.159. The van der Waals surface area contributed by atoms with Gasteiger partial charge in [0.15, 0.2) is 0 Å². The number of aromatic nitrogens is 3. The first kappa shape index (κ1) is 26.7. The fourth-order valence-electron chi connectivity index (χ4n) is 4.46. The van der Waals surface area contributed by atoms with Crippen molar-refractivity contribution in [2.45, 2.75) is 34.1 Å². The second kappa shape index (κ2) is 10.7. The van der Waals surface area contributed by atoms with Crippen LogP contribution in [0.1, 0.15) is 10.4 Å². The molecule has 2 aromatic carbocycles. The van der Waals surface area contributed by atoms with E-state index in [4.69, 9.17) is 9.47 Å². The van der Waals surface area contributed by atoms with E-state index in [-0.39, 0.29) is 27.6 Å². The maximum atomic E-state index is 13.7. The first-order valence-electron chi connectivity index (χ1n) is 11.9. The normalized spacial score (nSPS) is 21.5. The number of methoxy groups -OCH3 is 1. The Morgan fingerprint density at radius 3 is 2.62 bits per heavy atom. The first-order valence-corrected chi connectivity index (χ1v) is 13.4. The zero-order chi connectivity index (χ0) is 27.7. The molecular weight excluding hydrogens is 528 g/mol. The molecule has 1 aliphatic heterocycles. The van der Waals surface area contributed by atoms with Crippen LogP contribution < -0.4 is 10.1 Å². The fourth-order valence-corrected chi connectivity index (χ4v) is 5.87. The number of fused-ring (bicyclic) bond motifs is 1. The largest absolute Gasteiger partial charge is 0.497 e. The average molecular weight is 555 g/mol. The minimum absolute atomic E-state index is 0.0331. The van der Waals surface area contributed by atoms with E-state index >= 15 is 0 Å². The molecule has 39 heavy (non-hydrogen) atoms. The zero-order valence-electron chi connectivity index (χ0n) is 20.7. The Labute approximate surface area is 223 Å². The molecule has 12 nitrogen and oxygen atoms in total. The molecule has 5 rings (SSSR count). The van der Waals surface area contributed by atoms with Gasteiger partial charge in [0.1, 0.15) is 29.0 Å². The van der Waals surface area contributed by atoms with E-state index in [1.807, 2.05) is 0 Å². The molecule has 4 aromatic rings.